The summed E-state index contributed by atoms with van der Waals surface area (Å²) in [5, 5.41) is 20.4. The molecule has 22 heavy (non-hydrogen) atoms. The number of ether oxygens (including phenoxy) is 2. The fourth-order valence-corrected chi connectivity index (χ4v) is 1.35. The highest BCUT2D eigenvalue weighted by atomic mass is 19.4. The number of halogens is 3. The Morgan fingerprint density at radius 3 is 2.45 bits per heavy atom. The molecule has 0 fully saturated rings. The van der Waals surface area contributed by atoms with E-state index in [1.165, 1.54) is 25.3 Å². The molecule has 0 saturated carbocycles. The third kappa shape index (κ3) is 5.31. The van der Waals surface area contributed by atoms with Gasteiger partial charge < -0.3 is 9.47 Å². The fourth-order valence-electron chi connectivity index (χ4n) is 1.35. The van der Waals surface area contributed by atoms with Gasteiger partial charge in [0.05, 0.1) is 17.9 Å². The number of nitrogens with zero attached hydrogens (tertiary/aromatic N) is 3. The molecule has 0 atom stereocenters. The van der Waals surface area contributed by atoms with E-state index in [1.54, 1.807) is 0 Å². The molecule has 0 aliphatic rings. The number of rotatable bonds is 6. The van der Waals surface area contributed by atoms with Crippen LogP contribution in [0.3, 0.4) is 0 Å². The molecule has 1 rings (SSSR count). The summed E-state index contributed by atoms with van der Waals surface area (Å²) in [5.41, 5.74) is 0.694. The van der Waals surface area contributed by atoms with E-state index < -0.39 is 17.5 Å². The van der Waals surface area contributed by atoms with Crippen LogP contribution in [0.15, 0.2) is 23.3 Å². The zero-order chi connectivity index (χ0) is 16.6. The number of hydrogen-bond donors (Lipinski definition) is 1. The van der Waals surface area contributed by atoms with Gasteiger partial charge >= 0.3 is 6.18 Å². The van der Waals surface area contributed by atoms with E-state index in [1.807, 2.05) is 0 Å². The first-order valence-electron chi connectivity index (χ1n) is 5.88. The topological polar surface area (TPSA) is 90.4 Å². The van der Waals surface area contributed by atoms with E-state index in [0.29, 0.717) is 0 Å². The lowest BCUT2D eigenvalue weighted by Crippen LogP contribution is -2.09. The maximum Gasteiger partial charge on any atom is 0.416 e. The molecule has 1 aromatic rings. The zero-order valence-corrected chi connectivity index (χ0v) is 11.4. The second-order valence-electron chi connectivity index (χ2n) is 3.88. The summed E-state index contributed by atoms with van der Waals surface area (Å²) in [4.78, 5) is 0. The van der Waals surface area contributed by atoms with Crippen LogP contribution in [0.1, 0.15) is 5.56 Å². The van der Waals surface area contributed by atoms with Crippen LogP contribution in [0.25, 0.3) is 0 Å². The summed E-state index contributed by atoms with van der Waals surface area (Å²) in [5.74, 6) is -0.0416. The zero-order valence-electron chi connectivity index (χ0n) is 11.4. The Hall–Kier alpha value is -2.78. The number of nitriles is 2. The van der Waals surface area contributed by atoms with Crippen molar-refractivity contribution >= 4 is 11.4 Å². The maximum atomic E-state index is 12.8. The first-order valence-corrected chi connectivity index (χ1v) is 5.88. The summed E-state index contributed by atoms with van der Waals surface area (Å²) in [6, 6.07) is 5.85. The van der Waals surface area contributed by atoms with E-state index in [9.17, 15) is 13.2 Å². The van der Waals surface area contributed by atoms with Crippen molar-refractivity contribution in [2.45, 2.75) is 6.18 Å². The molecule has 0 saturated heterocycles. The molecule has 0 heterocycles. The molecule has 116 valence electrons. The maximum absolute atomic E-state index is 12.8. The van der Waals surface area contributed by atoms with Crippen molar-refractivity contribution < 1.29 is 22.6 Å². The highest BCUT2D eigenvalue weighted by Crippen LogP contribution is 2.34. The number of alkyl halides is 3. The molecule has 0 unspecified atom stereocenters. The van der Waals surface area contributed by atoms with E-state index in [0.717, 1.165) is 12.1 Å². The van der Waals surface area contributed by atoms with E-state index in [4.69, 9.17) is 20.0 Å². The van der Waals surface area contributed by atoms with Gasteiger partial charge in [0.2, 0.25) is 5.71 Å². The number of nitrogens with one attached hydrogen (secondary N) is 1. The SMILES string of the molecule is COCCOc1cc(NN=C(C#N)C#N)cc(C(F)(F)F)c1. The van der Waals surface area contributed by atoms with Crippen LogP contribution < -0.4 is 10.2 Å². The molecule has 0 aliphatic heterocycles. The summed E-state index contributed by atoms with van der Waals surface area (Å²) in [7, 11) is 1.43. The predicted octanol–water partition coefficient (Wildman–Crippen LogP) is 2.55. The summed E-state index contributed by atoms with van der Waals surface area (Å²) >= 11 is 0. The summed E-state index contributed by atoms with van der Waals surface area (Å²) < 4.78 is 48.3. The minimum absolute atomic E-state index is 0.0416. The van der Waals surface area contributed by atoms with Gasteiger partial charge in [-0.1, -0.05) is 0 Å². The molecule has 1 N–H and O–H groups in total. The van der Waals surface area contributed by atoms with Gasteiger partial charge in [-0.05, 0) is 12.1 Å². The Labute approximate surface area is 124 Å². The summed E-state index contributed by atoms with van der Waals surface area (Å²) in [6.45, 7) is 0.284. The molecule has 0 radical (unpaired) electrons. The predicted molar refractivity (Wildman–Crippen MR) is 71.1 cm³/mol. The number of methoxy groups -OCH3 is 1. The van der Waals surface area contributed by atoms with Crippen molar-refractivity contribution in [3.63, 3.8) is 0 Å². The molecule has 0 spiro atoms. The monoisotopic (exact) mass is 312 g/mol. The molecule has 6 nitrogen and oxygen atoms in total. The largest absolute Gasteiger partial charge is 0.491 e. The Balaban J connectivity index is 3.05. The van der Waals surface area contributed by atoms with Crippen LogP contribution in [0.2, 0.25) is 0 Å². The van der Waals surface area contributed by atoms with Crippen molar-refractivity contribution in [3.05, 3.63) is 23.8 Å². The van der Waals surface area contributed by atoms with Crippen LogP contribution in [0.5, 0.6) is 5.75 Å². The lowest BCUT2D eigenvalue weighted by molar-refractivity contribution is -0.137. The van der Waals surface area contributed by atoms with Gasteiger partial charge in [-0.15, -0.1) is 0 Å². The minimum Gasteiger partial charge on any atom is -0.491 e. The first-order chi connectivity index (χ1) is 10.4. The molecule has 1 aromatic carbocycles. The van der Waals surface area contributed by atoms with Gasteiger partial charge in [-0.25, -0.2) is 0 Å². The number of hydrazone groups is 1. The molecule has 9 heteroatoms. The first kappa shape index (κ1) is 17.3. The third-order valence-corrected chi connectivity index (χ3v) is 2.30. The van der Waals surface area contributed by atoms with Gasteiger partial charge in [0, 0.05) is 13.2 Å². The standard InChI is InChI=1S/C13H11F3N4O2/c1-21-2-3-22-12-5-9(13(14,15)16)4-10(6-12)19-20-11(7-17)8-18/h4-6,19H,2-3H2,1H3. The van der Waals surface area contributed by atoms with Crippen molar-refractivity contribution in [2.24, 2.45) is 5.10 Å². The Kier molecular flexibility index (Phi) is 6.17. The van der Waals surface area contributed by atoms with Gasteiger partial charge in [-0.2, -0.15) is 28.8 Å². The number of anilines is 1. The van der Waals surface area contributed by atoms with Crippen LogP contribution >= 0.6 is 0 Å². The van der Waals surface area contributed by atoms with E-state index in [2.05, 4.69) is 10.5 Å². The van der Waals surface area contributed by atoms with Crippen molar-refractivity contribution in [1.29, 1.82) is 10.5 Å². The Morgan fingerprint density at radius 1 is 1.23 bits per heavy atom. The van der Waals surface area contributed by atoms with Gasteiger partial charge in [0.25, 0.3) is 0 Å². The smallest absolute Gasteiger partial charge is 0.416 e. The summed E-state index contributed by atoms with van der Waals surface area (Å²) in [6.07, 6.45) is -4.58. The van der Waals surface area contributed by atoms with Crippen LogP contribution in [0.4, 0.5) is 18.9 Å². The average Bonchev–Trinajstić information content (AvgIpc) is 2.47. The molecule has 0 bridgehead atoms. The Bertz CT molecular complexity index is 614. The van der Waals surface area contributed by atoms with Crippen LogP contribution in [0, 0.1) is 22.7 Å². The molecule has 0 amide bonds. The van der Waals surface area contributed by atoms with E-state index >= 15 is 0 Å². The Morgan fingerprint density at radius 2 is 1.91 bits per heavy atom. The molecule has 0 aliphatic carbocycles. The number of benzene rings is 1. The van der Waals surface area contributed by atoms with Crippen LogP contribution in [-0.2, 0) is 10.9 Å². The fraction of sp³-hybridized carbons (Fsp3) is 0.308. The van der Waals surface area contributed by atoms with Crippen molar-refractivity contribution in [3.8, 4) is 17.9 Å². The normalized spacial score (nSPS) is 10.3. The lowest BCUT2D eigenvalue weighted by atomic mass is 10.2. The highest BCUT2D eigenvalue weighted by molar-refractivity contribution is 6.10. The van der Waals surface area contributed by atoms with Crippen LogP contribution in [-0.4, -0.2) is 26.0 Å². The quantitative estimate of drug-likeness (QED) is 0.495. The average molecular weight is 312 g/mol. The highest BCUT2D eigenvalue weighted by Gasteiger charge is 2.31. The molecular weight excluding hydrogens is 301 g/mol. The number of hydrogen-bond acceptors (Lipinski definition) is 6. The lowest BCUT2D eigenvalue weighted by Gasteiger charge is -2.12. The van der Waals surface area contributed by atoms with E-state index in [-0.39, 0.29) is 24.7 Å². The van der Waals surface area contributed by atoms with Crippen molar-refractivity contribution in [1.82, 2.24) is 0 Å². The van der Waals surface area contributed by atoms with Crippen molar-refractivity contribution in [2.75, 3.05) is 25.7 Å². The van der Waals surface area contributed by atoms with Gasteiger partial charge in [-0.3, -0.25) is 5.43 Å². The third-order valence-electron chi connectivity index (χ3n) is 2.30. The molecular formula is C13H11F3N4O2. The van der Waals surface area contributed by atoms with Gasteiger partial charge in [0.15, 0.2) is 0 Å². The minimum atomic E-state index is -4.58. The van der Waals surface area contributed by atoms with Gasteiger partial charge in [0.1, 0.15) is 24.5 Å². The molecule has 0 aromatic heterocycles. The second kappa shape index (κ2) is 7.86. The second-order valence-corrected chi connectivity index (χ2v) is 3.88.